The van der Waals surface area contributed by atoms with Gasteiger partial charge in [-0.2, -0.15) is 0 Å². The van der Waals surface area contributed by atoms with E-state index in [1.54, 1.807) is 0 Å². The highest BCUT2D eigenvalue weighted by Crippen LogP contribution is 2.68. The van der Waals surface area contributed by atoms with Crippen LogP contribution in [0, 0.1) is 46.3 Å². The smallest absolute Gasteiger partial charge is 0.303 e. The largest absolute Gasteiger partial charge is 0.481 e. The predicted octanol–water partition coefficient (Wildman–Crippen LogP) is 5.82. The maximum absolute atomic E-state index is 11.2. The molecule has 9 atom stereocenters. The number of rotatable bonds is 13. The molecule has 4 saturated carbocycles. The Morgan fingerprint density at radius 1 is 0.944 bits per heavy atom. The van der Waals surface area contributed by atoms with Gasteiger partial charge in [-0.3, -0.25) is 4.79 Å². The van der Waals surface area contributed by atoms with E-state index in [0.717, 1.165) is 74.7 Å². The van der Waals surface area contributed by atoms with E-state index in [-0.39, 0.29) is 0 Å². The van der Waals surface area contributed by atoms with E-state index in [1.807, 2.05) is 0 Å². The van der Waals surface area contributed by atoms with Crippen LogP contribution in [-0.2, 0) is 4.79 Å². The zero-order valence-electron chi connectivity index (χ0n) is 23.7. The summed E-state index contributed by atoms with van der Waals surface area (Å²) in [4.78, 5) is 11.2. The molecule has 36 heavy (non-hydrogen) atoms. The molecule has 0 saturated heterocycles. The van der Waals surface area contributed by atoms with Gasteiger partial charge in [0.1, 0.15) is 0 Å². The van der Waals surface area contributed by atoms with Crippen LogP contribution in [0.25, 0.3) is 0 Å². The fraction of sp³-hybridized carbons (Fsp3) is 0.968. The summed E-state index contributed by atoms with van der Waals surface area (Å²) >= 11 is 0. The quantitative estimate of drug-likeness (QED) is 0.238. The van der Waals surface area contributed by atoms with Gasteiger partial charge in [0.05, 0.1) is 0 Å². The van der Waals surface area contributed by atoms with E-state index in [2.05, 4.69) is 31.4 Å². The normalized spacial score (nSPS) is 40.8. The Labute approximate surface area is 221 Å². The number of hydrogen-bond donors (Lipinski definition) is 4. The molecule has 0 aromatic carbocycles. The first-order chi connectivity index (χ1) is 17.3. The van der Waals surface area contributed by atoms with Crippen molar-refractivity contribution < 1.29 is 9.90 Å². The SMILES string of the molecule is CC(CCC(=O)O)C1CCC2C3CCC4CC(NCCCNCCCCN)CCC4(C)C3CCC12C. The minimum Gasteiger partial charge on any atom is -0.481 e. The lowest BCUT2D eigenvalue weighted by molar-refractivity contribution is -0.137. The highest BCUT2D eigenvalue weighted by molar-refractivity contribution is 5.66. The standard InChI is InChI=1S/C31H57N3O2/c1-22(7-12-29(35)36)26-10-11-27-25-9-8-23-21-24(34-20-6-19-33-18-5-4-17-32)13-15-30(23,2)28(25)14-16-31(26,27)3/h22-28,33-34H,4-21,32H2,1-3H3,(H,35,36). The molecule has 0 aromatic rings. The molecule has 0 bridgehead atoms. The van der Waals surface area contributed by atoms with Gasteiger partial charge in [0.25, 0.3) is 0 Å². The van der Waals surface area contributed by atoms with Crippen molar-refractivity contribution in [1.82, 2.24) is 10.6 Å². The van der Waals surface area contributed by atoms with Crippen LogP contribution in [0.3, 0.4) is 0 Å². The Bertz CT molecular complexity index is 716. The molecular weight excluding hydrogens is 446 g/mol. The number of carboxylic acid groups (broad SMARTS) is 1. The fourth-order valence-corrected chi connectivity index (χ4v) is 10.0. The molecule has 0 amide bonds. The highest BCUT2D eigenvalue weighted by atomic mass is 16.4. The number of aliphatic carboxylic acids is 1. The van der Waals surface area contributed by atoms with Gasteiger partial charge in [0, 0.05) is 12.5 Å². The lowest BCUT2D eigenvalue weighted by Gasteiger charge is -2.61. The minimum atomic E-state index is -0.628. The molecule has 208 valence electrons. The van der Waals surface area contributed by atoms with Crippen LogP contribution in [0.2, 0.25) is 0 Å². The van der Waals surface area contributed by atoms with Crippen LogP contribution in [0.4, 0.5) is 0 Å². The monoisotopic (exact) mass is 503 g/mol. The molecule has 5 N–H and O–H groups in total. The van der Waals surface area contributed by atoms with Crippen LogP contribution >= 0.6 is 0 Å². The zero-order valence-corrected chi connectivity index (χ0v) is 23.7. The van der Waals surface area contributed by atoms with E-state index in [0.29, 0.717) is 23.2 Å². The van der Waals surface area contributed by atoms with Gasteiger partial charge < -0.3 is 21.5 Å². The highest BCUT2D eigenvalue weighted by Gasteiger charge is 2.60. The molecule has 5 nitrogen and oxygen atoms in total. The number of unbranched alkanes of at least 4 members (excludes halogenated alkanes) is 1. The summed E-state index contributed by atoms with van der Waals surface area (Å²) in [5.41, 5.74) is 6.56. The molecule has 5 heteroatoms. The second kappa shape index (κ2) is 12.5. The zero-order chi connectivity index (χ0) is 25.8. The van der Waals surface area contributed by atoms with Gasteiger partial charge in [-0.05, 0) is 156 Å². The molecule has 4 aliphatic carbocycles. The third-order valence-corrected chi connectivity index (χ3v) is 12.0. The van der Waals surface area contributed by atoms with Crippen molar-refractivity contribution >= 4 is 5.97 Å². The average molecular weight is 504 g/mol. The summed E-state index contributed by atoms with van der Waals surface area (Å²) in [7, 11) is 0. The molecule has 4 fully saturated rings. The third kappa shape index (κ3) is 5.99. The van der Waals surface area contributed by atoms with Crippen LogP contribution in [0.1, 0.15) is 111 Å². The van der Waals surface area contributed by atoms with E-state index in [4.69, 9.17) is 5.73 Å². The Hall–Kier alpha value is -0.650. The van der Waals surface area contributed by atoms with Crippen LogP contribution in [-0.4, -0.2) is 43.3 Å². The fourth-order valence-electron chi connectivity index (χ4n) is 10.0. The Balaban J connectivity index is 1.27. The number of nitrogens with one attached hydrogen (secondary N) is 2. The number of carbonyl (C=O) groups is 1. The summed E-state index contributed by atoms with van der Waals surface area (Å²) in [5.74, 6) is 4.25. The summed E-state index contributed by atoms with van der Waals surface area (Å²) in [6, 6.07) is 0.719. The first kappa shape index (κ1) is 28.4. The Morgan fingerprint density at radius 3 is 2.47 bits per heavy atom. The van der Waals surface area contributed by atoms with Crippen molar-refractivity contribution in [1.29, 1.82) is 0 Å². The topological polar surface area (TPSA) is 87.4 Å². The van der Waals surface area contributed by atoms with Crippen molar-refractivity contribution in [2.75, 3.05) is 26.2 Å². The van der Waals surface area contributed by atoms with Gasteiger partial charge in [0.15, 0.2) is 0 Å². The number of nitrogens with two attached hydrogens (primary N) is 1. The van der Waals surface area contributed by atoms with Gasteiger partial charge in [-0.15, -0.1) is 0 Å². The second-order valence-corrected chi connectivity index (χ2v) is 13.8. The summed E-state index contributed by atoms with van der Waals surface area (Å²) in [5, 5.41) is 16.7. The van der Waals surface area contributed by atoms with Crippen molar-refractivity contribution in [3.05, 3.63) is 0 Å². The molecular formula is C31H57N3O2. The van der Waals surface area contributed by atoms with Gasteiger partial charge in [-0.25, -0.2) is 0 Å². The van der Waals surface area contributed by atoms with E-state index in [1.165, 1.54) is 70.6 Å². The predicted molar refractivity (Wildman–Crippen MR) is 149 cm³/mol. The Morgan fingerprint density at radius 2 is 1.69 bits per heavy atom. The van der Waals surface area contributed by atoms with Gasteiger partial charge in [-0.1, -0.05) is 20.8 Å². The first-order valence-corrected chi connectivity index (χ1v) is 15.7. The second-order valence-electron chi connectivity index (χ2n) is 13.8. The van der Waals surface area contributed by atoms with E-state index in [9.17, 15) is 9.90 Å². The molecule has 4 aliphatic rings. The minimum absolute atomic E-state index is 0.338. The van der Waals surface area contributed by atoms with Crippen molar-refractivity contribution in [2.24, 2.45) is 52.1 Å². The van der Waals surface area contributed by atoms with Crippen LogP contribution in [0.15, 0.2) is 0 Å². The molecule has 0 radical (unpaired) electrons. The molecule has 0 aliphatic heterocycles. The van der Waals surface area contributed by atoms with Crippen molar-refractivity contribution in [3.8, 4) is 0 Å². The lowest BCUT2D eigenvalue weighted by Crippen LogP contribution is -2.55. The summed E-state index contributed by atoms with van der Waals surface area (Å²) in [6.45, 7) is 11.8. The molecule has 4 rings (SSSR count). The van der Waals surface area contributed by atoms with E-state index >= 15 is 0 Å². The number of hydrogen-bond acceptors (Lipinski definition) is 4. The van der Waals surface area contributed by atoms with Crippen molar-refractivity contribution in [3.63, 3.8) is 0 Å². The van der Waals surface area contributed by atoms with E-state index < -0.39 is 5.97 Å². The summed E-state index contributed by atoms with van der Waals surface area (Å²) < 4.78 is 0. The summed E-state index contributed by atoms with van der Waals surface area (Å²) in [6.07, 6.45) is 17.3. The van der Waals surface area contributed by atoms with Crippen molar-refractivity contribution in [2.45, 2.75) is 117 Å². The van der Waals surface area contributed by atoms with Gasteiger partial charge >= 0.3 is 5.97 Å². The van der Waals surface area contributed by atoms with Gasteiger partial charge in [0.2, 0.25) is 0 Å². The third-order valence-electron chi connectivity index (χ3n) is 12.0. The molecule has 9 unspecified atom stereocenters. The van der Waals surface area contributed by atoms with Crippen LogP contribution < -0.4 is 16.4 Å². The number of carboxylic acids is 1. The lowest BCUT2D eigenvalue weighted by atomic mass is 9.44. The molecule has 0 spiro atoms. The molecule has 0 heterocycles. The maximum atomic E-state index is 11.2. The molecule has 0 aromatic heterocycles. The van der Waals surface area contributed by atoms with Crippen LogP contribution in [0.5, 0.6) is 0 Å². The first-order valence-electron chi connectivity index (χ1n) is 15.7. The average Bonchev–Trinajstić information content (AvgIpc) is 3.21. The number of fused-ring (bicyclic) bond motifs is 5. The Kier molecular flexibility index (Phi) is 9.82. The maximum Gasteiger partial charge on any atom is 0.303 e.